The van der Waals surface area contributed by atoms with Gasteiger partial charge >= 0.3 is 0 Å². The molecule has 0 saturated heterocycles. The molecule has 0 aliphatic carbocycles. The Morgan fingerprint density at radius 1 is 1.17 bits per heavy atom. The van der Waals surface area contributed by atoms with E-state index in [-0.39, 0.29) is 5.82 Å². The van der Waals surface area contributed by atoms with Crippen LogP contribution in [0.4, 0.5) is 9.52 Å². The van der Waals surface area contributed by atoms with Gasteiger partial charge in [0.15, 0.2) is 0 Å². The maximum absolute atomic E-state index is 13.4. The van der Waals surface area contributed by atoms with E-state index in [1.54, 1.807) is 29.2 Å². The predicted molar refractivity (Wildman–Crippen MR) is 92.7 cm³/mol. The fraction of sp³-hybridized carbons (Fsp3) is 0.118. The number of halogens is 1. The van der Waals surface area contributed by atoms with Gasteiger partial charge in [0.05, 0.1) is 11.9 Å². The molecule has 7 heteroatoms. The second-order valence-corrected chi connectivity index (χ2v) is 6.24. The highest BCUT2D eigenvalue weighted by molar-refractivity contribution is 7.20. The van der Waals surface area contributed by atoms with E-state index >= 15 is 0 Å². The van der Waals surface area contributed by atoms with Crippen molar-refractivity contribution in [1.29, 1.82) is 0 Å². The van der Waals surface area contributed by atoms with Crippen molar-refractivity contribution in [2.24, 2.45) is 0 Å². The quantitative estimate of drug-likeness (QED) is 0.603. The van der Waals surface area contributed by atoms with Crippen molar-refractivity contribution < 1.29 is 4.39 Å². The van der Waals surface area contributed by atoms with Crippen LogP contribution in [-0.4, -0.2) is 26.1 Å². The topological polar surface area (TPSA) is 55.1 Å². The summed E-state index contributed by atoms with van der Waals surface area (Å²) in [7, 11) is 0. The van der Waals surface area contributed by atoms with Crippen LogP contribution in [0.25, 0.3) is 16.2 Å². The van der Waals surface area contributed by atoms with Crippen LogP contribution in [0.5, 0.6) is 0 Å². The van der Waals surface area contributed by atoms with Crippen LogP contribution in [0.2, 0.25) is 0 Å². The monoisotopic (exact) mass is 339 g/mol. The van der Waals surface area contributed by atoms with Gasteiger partial charge in [-0.15, -0.1) is 5.10 Å². The molecule has 0 unspecified atom stereocenters. The number of benzene rings is 1. The SMILES string of the molecule is Fc1cccc(-c2cnc3sc(NCCc4ccncc4)nn23)c1. The Hall–Kier alpha value is -2.80. The molecule has 0 atom stereocenters. The third-order valence-corrected chi connectivity index (χ3v) is 4.53. The van der Waals surface area contributed by atoms with Gasteiger partial charge < -0.3 is 5.32 Å². The molecule has 24 heavy (non-hydrogen) atoms. The van der Waals surface area contributed by atoms with Gasteiger partial charge in [0, 0.05) is 24.5 Å². The van der Waals surface area contributed by atoms with Gasteiger partial charge in [-0.1, -0.05) is 23.5 Å². The Morgan fingerprint density at radius 3 is 2.88 bits per heavy atom. The zero-order chi connectivity index (χ0) is 16.4. The lowest BCUT2D eigenvalue weighted by Gasteiger charge is -2.02. The number of nitrogens with one attached hydrogen (secondary N) is 1. The lowest BCUT2D eigenvalue weighted by Crippen LogP contribution is -2.05. The van der Waals surface area contributed by atoms with Crippen LogP contribution in [0.15, 0.2) is 55.0 Å². The van der Waals surface area contributed by atoms with E-state index in [1.807, 2.05) is 18.2 Å². The second-order valence-electron chi connectivity index (χ2n) is 5.29. The maximum atomic E-state index is 13.4. The van der Waals surface area contributed by atoms with Crippen LogP contribution in [0.3, 0.4) is 0 Å². The second kappa shape index (κ2) is 6.37. The molecule has 0 fully saturated rings. The van der Waals surface area contributed by atoms with Crippen molar-refractivity contribution in [1.82, 2.24) is 19.6 Å². The highest BCUT2D eigenvalue weighted by atomic mass is 32.1. The van der Waals surface area contributed by atoms with Gasteiger partial charge in [0.25, 0.3) is 0 Å². The number of imidazole rings is 1. The molecule has 0 saturated carbocycles. The van der Waals surface area contributed by atoms with Crippen molar-refractivity contribution in [3.63, 3.8) is 0 Å². The van der Waals surface area contributed by atoms with Crippen molar-refractivity contribution in [2.75, 3.05) is 11.9 Å². The molecule has 120 valence electrons. The summed E-state index contributed by atoms with van der Waals surface area (Å²) in [5.74, 6) is -0.270. The van der Waals surface area contributed by atoms with Crippen molar-refractivity contribution in [3.05, 3.63) is 66.4 Å². The minimum absolute atomic E-state index is 0.270. The number of pyridine rings is 1. The predicted octanol–water partition coefficient (Wildman–Crippen LogP) is 3.65. The first-order valence-corrected chi connectivity index (χ1v) is 8.34. The summed E-state index contributed by atoms with van der Waals surface area (Å²) in [5, 5.41) is 8.64. The molecule has 0 spiro atoms. The lowest BCUT2D eigenvalue weighted by molar-refractivity contribution is 0.628. The zero-order valence-corrected chi connectivity index (χ0v) is 13.5. The van der Waals surface area contributed by atoms with E-state index in [0.717, 1.165) is 34.3 Å². The third-order valence-electron chi connectivity index (χ3n) is 3.65. The summed E-state index contributed by atoms with van der Waals surface area (Å²) in [5.41, 5.74) is 2.76. The Labute approximate surface area is 141 Å². The average Bonchev–Trinajstić information content (AvgIpc) is 3.16. The van der Waals surface area contributed by atoms with Gasteiger partial charge in [-0.3, -0.25) is 4.98 Å². The third kappa shape index (κ3) is 2.98. The summed E-state index contributed by atoms with van der Waals surface area (Å²) in [6, 6.07) is 10.4. The maximum Gasteiger partial charge on any atom is 0.214 e. The smallest absolute Gasteiger partial charge is 0.214 e. The molecule has 0 amide bonds. The van der Waals surface area contributed by atoms with Gasteiger partial charge in [-0.2, -0.15) is 0 Å². The fourth-order valence-corrected chi connectivity index (χ4v) is 3.27. The Kier molecular flexibility index (Phi) is 3.92. The number of hydrogen-bond donors (Lipinski definition) is 1. The minimum Gasteiger partial charge on any atom is -0.360 e. The van der Waals surface area contributed by atoms with E-state index in [0.29, 0.717) is 0 Å². The number of anilines is 1. The molecule has 0 aliphatic heterocycles. The summed E-state index contributed by atoms with van der Waals surface area (Å²) in [4.78, 5) is 9.15. The molecule has 3 heterocycles. The Bertz CT molecular complexity index is 963. The highest BCUT2D eigenvalue weighted by Gasteiger charge is 2.11. The Morgan fingerprint density at radius 2 is 2.04 bits per heavy atom. The number of hydrogen-bond acceptors (Lipinski definition) is 5. The number of rotatable bonds is 5. The Balaban J connectivity index is 1.52. The molecule has 4 rings (SSSR count). The molecule has 3 aromatic heterocycles. The first-order chi connectivity index (χ1) is 11.8. The van der Waals surface area contributed by atoms with Crippen LogP contribution in [0, 0.1) is 5.82 Å². The number of nitrogens with zero attached hydrogens (tertiary/aromatic N) is 4. The number of aromatic nitrogens is 4. The molecule has 0 aliphatic rings. The van der Waals surface area contributed by atoms with Crippen molar-refractivity contribution in [2.45, 2.75) is 6.42 Å². The first-order valence-electron chi connectivity index (χ1n) is 7.53. The van der Waals surface area contributed by atoms with E-state index in [2.05, 4.69) is 20.4 Å². The summed E-state index contributed by atoms with van der Waals surface area (Å²) < 4.78 is 15.2. The molecule has 5 nitrogen and oxygen atoms in total. The molecular formula is C17H14FN5S. The normalized spacial score (nSPS) is 11.0. The van der Waals surface area contributed by atoms with E-state index in [9.17, 15) is 4.39 Å². The van der Waals surface area contributed by atoms with Crippen LogP contribution >= 0.6 is 11.3 Å². The molecule has 1 N–H and O–H groups in total. The highest BCUT2D eigenvalue weighted by Crippen LogP contribution is 2.26. The molecular weight excluding hydrogens is 325 g/mol. The molecule has 1 aromatic carbocycles. The molecule has 0 bridgehead atoms. The van der Waals surface area contributed by atoms with E-state index < -0.39 is 0 Å². The largest absolute Gasteiger partial charge is 0.360 e. The van der Waals surface area contributed by atoms with Gasteiger partial charge in [-0.25, -0.2) is 13.9 Å². The lowest BCUT2D eigenvalue weighted by atomic mass is 10.2. The molecule has 0 radical (unpaired) electrons. The standard InChI is InChI=1S/C17H14FN5S/c18-14-3-1-2-13(10-14)15-11-21-17-23(15)22-16(24-17)20-9-6-12-4-7-19-8-5-12/h1-5,7-8,10-11H,6,9H2,(H,20,22). The summed E-state index contributed by atoms with van der Waals surface area (Å²) in [6.07, 6.45) is 6.19. The van der Waals surface area contributed by atoms with Crippen molar-refractivity contribution in [3.8, 4) is 11.3 Å². The van der Waals surface area contributed by atoms with Crippen LogP contribution in [-0.2, 0) is 6.42 Å². The van der Waals surface area contributed by atoms with Crippen molar-refractivity contribution >= 4 is 21.4 Å². The average molecular weight is 339 g/mol. The summed E-state index contributed by atoms with van der Waals surface area (Å²) in [6.45, 7) is 0.774. The van der Waals surface area contributed by atoms with E-state index in [1.165, 1.54) is 29.0 Å². The molecule has 4 aromatic rings. The van der Waals surface area contributed by atoms with Gasteiger partial charge in [-0.05, 0) is 36.2 Å². The van der Waals surface area contributed by atoms with Crippen LogP contribution < -0.4 is 5.32 Å². The van der Waals surface area contributed by atoms with E-state index in [4.69, 9.17) is 0 Å². The van der Waals surface area contributed by atoms with Crippen LogP contribution in [0.1, 0.15) is 5.56 Å². The van der Waals surface area contributed by atoms with Gasteiger partial charge in [0.1, 0.15) is 5.82 Å². The number of fused-ring (bicyclic) bond motifs is 1. The summed E-state index contributed by atoms with van der Waals surface area (Å²) >= 11 is 1.48. The minimum atomic E-state index is -0.270. The fourth-order valence-electron chi connectivity index (χ4n) is 2.47. The zero-order valence-electron chi connectivity index (χ0n) is 12.7. The first kappa shape index (κ1) is 14.8. The van der Waals surface area contributed by atoms with Gasteiger partial charge in [0.2, 0.25) is 10.1 Å².